The largest absolute Gasteiger partial charge is 0.491 e. The zero-order valence-electron chi connectivity index (χ0n) is 17.7. The van der Waals surface area contributed by atoms with Crippen LogP contribution in [0.3, 0.4) is 0 Å². The maximum atomic E-state index is 12.8. The van der Waals surface area contributed by atoms with Crippen LogP contribution in [0.25, 0.3) is 0 Å². The summed E-state index contributed by atoms with van der Waals surface area (Å²) in [5.74, 6) is -1.37. The van der Waals surface area contributed by atoms with Crippen molar-refractivity contribution in [3.05, 3.63) is 42.0 Å². The summed E-state index contributed by atoms with van der Waals surface area (Å²) in [6.45, 7) is -0.253. The fourth-order valence-corrected chi connectivity index (χ4v) is 4.04. The first-order valence-electron chi connectivity index (χ1n) is 10.8. The highest BCUT2D eigenvalue weighted by Crippen LogP contribution is 2.37. The van der Waals surface area contributed by atoms with Gasteiger partial charge < -0.3 is 25.2 Å². The van der Waals surface area contributed by atoms with Crippen molar-refractivity contribution in [2.24, 2.45) is 11.8 Å². The average Bonchev–Trinajstić information content (AvgIpc) is 2.99. The number of unbranched alkanes of at least 4 members (excludes halogenated alkanes) is 3. The summed E-state index contributed by atoms with van der Waals surface area (Å²) in [5.41, 5.74) is -0.839. The second-order valence-corrected chi connectivity index (χ2v) is 8.25. The van der Waals surface area contributed by atoms with Gasteiger partial charge in [-0.25, -0.2) is 0 Å². The molecule has 0 saturated heterocycles. The third-order valence-electron chi connectivity index (χ3n) is 5.73. The second-order valence-electron chi connectivity index (χ2n) is 8.25. The number of carboxylic acid groups (broad SMARTS) is 1. The number of alkyl halides is 3. The summed E-state index contributed by atoms with van der Waals surface area (Å²) in [6.07, 6.45) is 0.103. The van der Waals surface area contributed by atoms with E-state index in [4.69, 9.17) is 9.84 Å². The van der Waals surface area contributed by atoms with Gasteiger partial charge in [0.15, 0.2) is 0 Å². The fraction of sp³-hybridized carbons (Fsp3) is 0.609. The minimum atomic E-state index is -4.48. The van der Waals surface area contributed by atoms with E-state index in [0.29, 0.717) is 12.8 Å². The molecular formula is C23H31F3O6. The number of carbonyl (C=O) groups is 1. The Morgan fingerprint density at radius 2 is 1.88 bits per heavy atom. The predicted octanol–water partition coefficient (Wildman–Crippen LogP) is 3.78. The normalized spacial score (nSPS) is 24.7. The first kappa shape index (κ1) is 26.2. The van der Waals surface area contributed by atoms with Gasteiger partial charge in [0.25, 0.3) is 0 Å². The molecule has 6 nitrogen and oxygen atoms in total. The molecule has 0 amide bonds. The van der Waals surface area contributed by atoms with Gasteiger partial charge in [0, 0.05) is 18.8 Å². The first-order valence-corrected chi connectivity index (χ1v) is 10.8. The van der Waals surface area contributed by atoms with Crippen LogP contribution in [0.1, 0.15) is 50.5 Å². The summed E-state index contributed by atoms with van der Waals surface area (Å²) in [4.78, 5) is 10.5. The van der Waals surface area contributed by atoms with Crippen LogP contribution in [0.4, 0.5) is 13.2 Å². The summed E-state index contributed by atoms with van der Waals surface area (Å²) >= 11 is 0. The van der Waals surface area contributed by atoms with Gasteiger partial charge in [-0.05, 0) is 37.0 Å². The van der Waals surface area contributed by atoms with Gasteiger partial charge in [0.2, 0.25) is 0 Å². The molecule has 1 aromatic rings. The highest BCUT2D eigenvalue weighted by Gasteiger charge is 2.39. The smallest absolute Gasteiger partial charge is 0.416 e. The molecule has 0 spiro atoms. The van der Waals surface area contributed by atoms with Gasteiger partial charge in [0.05, 0.1) is 17.8 Å². The Morgan fingerprint density at radius 3 is 2.56 bits per heavy atom. The van der Waals surface area contributed by atoms with Crippen molar-refractivity contribution in [2.75, 3.05) is 6.61 Å². The van der Waals surface area contributed by atoms with Gasteiger partial charge in [0.1, 0.15) is 18.5 Å². The van der Waals surface area contributed by atoms with E-state index in [9.17, 15) is 33.3 Å². The molecule has 4 N–H and O–H groups in total. The number of hydrogen-bond acceptors (Lipinski definition) is 5. The van der Waals surface area contributed by atoms with E-state index in [0.717, 1.165) is 31.4 Å². The van der Waals surface area contributed by atoms with Crippen molar-refractivity contribution in [1.29, 1.82) is 0 Å². The molecule has 1 aliphatic carbocycles. The molecule has 1 saturated carbocycles. The van der Waals surface area contributed by atoms with E-state index in [-0.39, 0.29) is 37.0 Å². The quantitative estimate of drug-likeness (QED) is 0.279. The number of aliphatic carboxylic acids is 1. The van der Waals surface area contributed by atoms with Crippen LogP contribution in [0.5, 0.6) is 5.75 Å². The van der Waals surface area contributed by atoms with Gasteiger partial charge in [-0.15, -0.1) is 0 Å². The third kappa shape index (κ3) is 8.44. The maximum Gasteiger partial charge on any atom is 0.416 e. The molecule has 1 aromatic carbocycles. The van der Waals surface area contributed by atoms with E-state index in [1.165, 1.54) is 18.2 Å². The van der Waals surface area contributed by atoms with Gasteiger partial charge in [-0.3, -0.25) is 4.79 Å². The number of carboxylic acids is 1. The third-order valence-corrected chi connectivity index (χ3v) is 5.73. The molecule has 180 valence electrons. The van der Waals surface area contributed by atoms with Crippen molar-refractivity contribution in [3.63, 3.8) is 0 Å². The molecule has 0 radical (unpaired) electrons. The number of hydrogen-bond donors (Lipinski definition) is 4. The average molecular weight is 460 g/mol. The lowest BCUT2D eigenvalue weighted by Gasteiger charge is -2.21. The predicted molar refractivity (Wildman–Crippen MR) is 111 cm³/mol. The van der Waals surface area contributed by atoms with Crippen LogP contribution in [-0.2, 0) is 11.0 Å². The molecule has 2 rings (SSSR count). The Morgan fingerprint density at radius 1 is 1.16 bits per heavy atom. The number of benzene rings is 1. The van der Waals surface area contributed by atoms with Crippen molar-refractivity contribution in [3.8, 4) is 5.75 Å². The number of rotatable bonds is 12. The minimum Gasteiger partial charge on any atom is -0.491 e. The molecule has 0 heterocycles. The molecule has 0 aliphatic heterocycles. The minimum absolute atomic E-state index is 0.00984. The Labute approximate surface area is 185 Å². The van der Waals surface area contributed by atoms with Crippen molar-refractivity contribution in [2.45, 2.75) is 69.4 Å². The zero-order valence-corrected chi connectivity index (χ0v) is 17.7. The molecule has 1 fully saturated rings. The Hall–Kier alpha value is -2.10. The van der Waals surface area contributed by atoms with E-state index >= 15 is 0 Å². The molecule has 0 aromatic heterocycles. The van der Waals surface area contributed by atoms with Crippen LogP contribution in [0, 0.1) is 11.8 Å². The number of aliphatic hydroxyl groups is 3. The summed E-state index contributed by atoms with van der Waals surface area (Å²) in [6, 6.07) is 4.39. The fourth-order valence-electron chi connectivity index (χ4n) is 4.04. The van der Waals surface area contributed by atoms with Crippen LogP contribution in [-0.4, -0.2) is 51.3 Å². The van der Waals surface area contributed by atoms with Crippen molar-refractivity contribution in [1.82, 2.24) is 0 Å². The molecule has 5 atom stereocenters. The van der Waals surface area contributed by atoms with Gasteiger partial charge >= 0.3 is 12.1 Å². The lowest BCUT2D eigenvalue weighted by Crippen LogP contribution is -2.22. The highest BCUT2D eigenvalue weighted by molar-refractivity contribution is 5.66. The van der Waals surface area contributed by atoms with Crippen molar-refractivity contribution < 1.29 is 43.1 Å². The molecule has 9 heteroatoms. The molecular weight excluding hydrogens is 429 g/mol. The molecule has 0 bridgehead atoms. The van der Waals surface area contributed by atoms with Gasteiger partial charge in [-0.1, -0.05) is 37.5 Å². The second kappa shape index (κ2) is 12.2. The van der Waals surface area contributed by atoms with Crippen LogP contribution < -0.4 is 4.74 Å². The Kier molecular flexibility index (Phi) is 9.99. The van der Waals surface area contributed by atoms with Crippen LogP contribution in [0.2, 0.25) is 0 Å². The first-order chi connectivity index (χ1) is 15.1. The maximum absolute atomic E-state index is 12.8. The summed E-state index contributed by atoms with van der Waals surface area (Å²) < 4.78 is 43.5. The zero-order chi connectivity index (χ0) is 23.7. The molecule has 1 aliphatic rings. The van der Waals surface area contributed by atoms with Crippen LogP contribution in [0.15, 0.2) is 36.4 Å². The summed E-state index contributed by atoms with van der Waals surface area (Å²) in [7, 11) is 0. The van der Waals surface area contributed by atoms with E-state index in [1.807, 2.05) is 0 Å². The number of ether oxygens (including phenoxy) is 1. The number of halogens is 3. The highest BCUT2D eigenvalue weighted by atomic mass is 19.4. The van der Waals surface area contributed by atoms with E-state index in [2.05, 4.69) is 0 Å². The lowest BCUT2D eigenvalue weighted by atomic mass is 9.88. The topological polar surface area (TPSA) is 107 Å². The molecule has 32 heavy (non-hydrogen) atoms. The molecule has 5 unspecified atom stereocenters. The monoisotopic (exact) mass is 460 g/mol. The van der Waals surface area contributed by atoms with Crippen molar-refractivity contribution >= 4 is 5.97 Å². The van der Waals surface area contributed by atoms with E-state index < -0.39 is 36.0 Å². The SMILES string of the molecule is O=C(O)CCCCCCC1C(O)CC(O)C1C=CC(O)COc1cccc(C(F)(F)F)c1. The Bertz CT molecular complexity index is 751. The summed E-state index contributed by atoms with van der Waals surface area (Å²) in [5, 5.41) is 39.3. The van der Waals surface area contributed by atoms with Crippen LogP contribution >= 0.6 is 0 Å². The standard InChI is InChI=1S/C23H31F3O6/c24-23(25,26)15-6-5-7-17(12-15)32-14-16(27)10-11-19-18(20(28)13-21(19)29)8-3-1-2-4-9-22(30)31/h5-7,10-12,16,18-21,27-29H,1-4,8-9,13-14H2,(H,30,31). The Balaban J connectivity index is 1.83. The number of aliphatic hydroxyl groups excluding tert-OH is 3. The van der Waals surface area contributed by atoms with Gasteiger partial charge in [-0.2, -0.15) is 13.2 Å². The lowest BCUT2D eigenvalue weighted by molar-refractivity contribution is -0.138. The van der Waals surface area contributed by atoms with E-state index in [1.54, 1.807) is 6.08 Å².